The van der Waals surface area contributed by atoms with Crippen molar-refractivity contribution in [2.75, 3.05) is 75.1 Å². The second kappa shape index (κ2) is 9.60. The largest absolute Gasteiger partial charge is 0.384 e. The molecule has 182 valence electrons. The van der Waals surface area contributed by atoms with Crippen LogP contribution in [0.15, 0.2) is 41.6 Å². The predicted molar refractivity (Wildman–Crippen MR) is 139 cm³/mol. The number of nitrogen functional groups attached to an aromatic ring is 1. The molecule has 1 unspecified atom stereocenters. The van der Waals surface area contributed by atoms with Crippen LogP contribution in [0.5, 0.6) is 0 Å². The number of likely N-dealkylation sites (N-methyl/N-ethyl adjacent to an activating group) is 1. The number of pyridine rings is 2. The number of ether oxygens (including phenoxy) is 1. The molecule has 3 aromatic heterocycles. The molecule has 0 spiro atoms. The Morgan fingerprint density at radius 3 is 2.57 bits per heavy atom. The first-order valence-electron chi connectivity index (χ1n) is 12.2. The van der Waals surface area contributed by atoms with Gasteiger partial charge in [0.05, 0.1) is 23.8 Å². The van der Waals surface area contributed by atoms with E-state index in [1.54, 1.807) is 12.3 Å². The van der Waals surface area contributed by atoms with Crippen LogP contribution in [0.3, 0.4) is 0 Å². The maximum Gasteiger partial charge on any atom is 0.163 e. The van der Waals surface area contributed by atoms with E-state index in [0.717, 1.165) is 68.6 Å². The zero-order valence-corrected chi connectivity index (χ0v) is 20.7. The summed E-state index contributed by atoms with van der Waals surface area (Å²) in [4.78, 5) is 27.2. The molecule has 1 atom stereocenters. The van der Waals surface area contributed by atoms with Gasteiger partial charge in [0, 0.05) is 68.9 Å². The lowest BCUT2D eigenvalue weighted by molar-refractivity contribution is 0.122. The molecule has 35 heavy (non-hydrogen) atoms. The number of anilines is 3. The molecule has 6 rings (SSSR count). The third-order valence-corrected chi connectivity index (χ3v) is 8.26. The number of nitrogens with two attached hydrogens (primary N) is 1. The highest BCUT2D eigenvalue weighted by molar-refractivity contribution is 8.00. The monoisotopic (exact) mass is 490 g/mol. The van der Waals surface area contributed by atoms with Crippen molar-refractivity contribution in [2.45, 2.75) is 16.6 Å². The van der Waals surface area contributed by atoms with Gasteiger partial charge in [-0.05, 0) is 36.9 Å². The number of rotatable bonds is 4. The molecule has 0 aliphatic carbocycles. The number of morpholine rings is 1. The highest BCUT2D eigenvalue weighted by atomic mass is 32.2. The summed E-state index contributed by atoms with van der Waals surface area (Å²) in [6.45, 7) is 7.24. The summed E-state index contributed by atoms with van der Waals surface area (Å²) in [7, 11) is 2.18. The Morgan fingerprint density at radius 2 is 1.80 bits per heavy atom. The maximum atomic E-state index is 5.81. The normalized spacial score (nSPS) is 20.8. The Bertz CT molecular complexity index is 1190. The Morgan fingerprint density at radius 1 is 0.971 bits per heavy atom. The van der Waals surface area contributed by atoms with E-state index in [-0.39, 0.29) is 5.25 Å². The molecule has 2 fully saturated rings. The van der Waals surface area contributed by atoms with Gasteiger partial charge >= 0.3 is 0 Å². The van der Waals surface area contributed by atoms with Gasteiger partial charge in [-0.1, -0.05) is 0 Å². The highest BCUT2D eigenvalue weighted by Crippen LogP contribution is 2.50. The summed E-state index contributed by atoms with van der Waals surface area (Å²) in [6, 6.07) is 8.16. The number of nitrogens with zero attached hydrogens (tertiary/aromatic N) is 7. The molecule has 0 bridgehead atoms. The molecule has 10 heteroatoms. The molecule has 0 saturated carbocycles. The van der Waals surface area contributed by atoms with Gasteiger partial charge in [-0.25, -0.2) is 19.9 Å². The lowest BCUT2D eigenvalue weighted by Gasteiger charge is -2.33. The lowest BCUT2D eigenvalue weighted by atomic mass is 10.1. The van der Waals surface area contributed by atoms with Gasteiger partial charge < -0.3 is 25.2 Å². The van der Waals surface area contributed by atoms with Crippen LogP contribution in [0.2, 0.25) is 0 Å². The molecule has 2 N–H and O–H groups in total. The number of fused-ring (bicyclic) bond motifs is 1. The van der Waals surface area contributed by atoms with E-state index >= 15 is 0 Å². The van der Waals surface area contributed by atoms with Crippen LogP contribution in [0.4, 0.5) is 17.5 Å². The summed E-state index contributed by atoms with van der Waals surface area (Å²) in [5.41, 5.74) is 9.08. The van der Waals surface area contributed by atoms with Crippen molar-refractivity contribution in [3.63, 3.8) is 0 Å². The molecule has 3 aliphatic rings. The fourth-order valence-corrected chi connectivity index (χ4v) is 6.14. The van der Waals surface area contributed by atoms with Crippen LogP contribution in [-0.2, 0) is 11.2 Å². The predicted octanol–water partition coefficient (Wildman–Crippen LogP) is 2.49. The fourth-order valence-electron chi connectivity index (χ4n) is 4.79. The van der Waals surface area contributed by atoms with E-state index in [9.17, 15) is 0 Å². The topological polar surface area (TPSA) is 96.5 Å². The summed E-state index contributed by atoms with van der Waals surface area (Å²) in [6.07, 6.45) is 4.57. The summed E-state index contributed by atoms with van der Waals surface area (Å²) in [5, 5.41) is 0.285. The van der Waals surface area contributed by atoms with Gasteiger partial charge in [0.2, 0.25) is 0 Å². The molecule has 2 saturated heterocycles. The quantitative estimate of drug-likeness (QED) is 0.587. The minimum atomic E-state index is 0.285. The van der Waals surface area contributed by atoms with Crippen LogP contribution in [0, 0.1) is 0 Å². The van der Waals surface area contributed by atoms with E-state index in [0.29, 0.717) is 24.9 Å². The van der Waals surface area contributed by atoms with Gasteiger partial charge in [0.1, 0.15) is 17.5 Å². The molecule has 0 radical (unpaired) electrons. The van der Waals surface area contributed by atoms with E-state index in [2.05, 4.69) is 38.9 Å². The highest BCUT2D eigenvalue weighted by Gasteiger charge is 2.32. The van der Waals surface area contributed by atoms with Crippen LogP contribution < -0.4 is 15.5 Å². The second-order valence-electron chi connectivity index (χ2n) is 9.27. The molecule has 3 aromatic rings. The summed E-state index contributed by atoms with van der Waals surface area (Å²) >= 11 is 1.87. The fraction of sp³-hybridized carbons (Fsp3) is 0.440. The number of hydrogen-bond acceptors (Lipinski definition) is 10. The second-order valence-corrected chi connectivity index (χ2v) is 10.5. The minimum absolute atomic E-state index is 0.285. The number of aromatic nitrogens is 4. The molecule has 3 aliphatic heterocycles. The lowest BCUT2D eigenvalue weighted by Crippen LogP contribution is -2.44. The minimum Gasteiger partial charge on any atom is -0.384 e. The summed E-state index contributed by atoms with van der Waals surface area (Å²) in [5.74, 6) is 3.27. The first kappa shape index (κ1) is 22.5. The number of thioether (sulfide) groups is 1. The molecule has 6 heterocycles. The van der Waals surface area contributed by atoms with Gasteiger partial charge in [-0.3, -0.25) is 0 Å². The van der Waals surface area contributed by atoms with Crippen molar-refractivity contribution in [3.05, 3.63) is 47.9 Å². The van der Waals surface area contributed by atoms with Crippen molar-refractivity contribution in [2.24, 2.45) is 0 Å². The van der Waals surface area contributed by atoms with Gasteiger partial charge in [-0.15, -0.1) is 11.8 Å². The van der Waals surface area contributed by atoms with E-state index in [4.69, 9.17) is 25.4 Å². The maximum absolute atomic E-state index is 5.81. The SMILES string of the molecule is CN1CCN(c2cc(C3Cc4nc(-c5ccc(N)nc5)nc(N5CCOCC5)c4S3)ccn2)CC1. The van der Waals surface area contributed by atoms with Gasteiger partial charge in [0.25, 0.3) is 0 Å². The zero-order chi connectivity index (χ0) is 23.8. The standard InChI is InChI=1S/C25H30N8OS/c1-31-6-8-32(9-7-31)22-14-17(4-5-27-22)20-15-19-23(35-20)25(33-10-12-34-13-11-33)30-24(29-19)18-2-3-21(26)28-16-18/h2-5,14,16,20H,6-13,15H2,1H3,(H2,26,28). The Labute approximate surface area is 209 Å². The third kappa shape index (κ3) is 4.65. The first-order valence-corrected chi connectivity index (χ1v) is 13.0. The molecular formula is C25H30N8OS. The third-order valence-electron chi connectivity index (χ3n) is 6.88. The van der Waals surface area contributed by atoms with E-state index in [1.807, 2.05) is 24.0 Å². The molecule has 0 aromatic carbocycles. The molecular weight excluding hydrogens is 460 g/mol. The first-order chi connectivity index (χ1) is 17.1. The average Bonchev–Trinajstić information content (AvgIpc) is 3.34. The van der Waals surface area contributed by atoms with E-state index in [1.165, 1.54) is 10.5 Å². The molecule has 9 nitrogen and oxygen atoms in total. The van der Waals surface area contributed by atoms with Crippen molar-refractivity contribution < 1.29 is 4.74 Å². The average molecular weight is 491 g/mol. The van der Waals surface area contributed by atoms with Crippen molar-refractivity contribution in [1.82, 2.24) is 24.8 Å². The number of hydrogen-bond donors (Lipinski definition) is 1. The van der Waals surface area contributed by atoms with Crippen molar-refractivity contribution in [1.29, 1.82) is 0 Å². The van der Waals surface area contributed by atoms with E-state index < -0.39 is 0 Å². The van der Waals surface area contributed by atoms with Gasteiger partial charge in [-0.2, -0.15) is 0 Å². The number of piperazine rings is 1. The molecule has 0 amide bonds. The van der Waals surface area contributed by atoms with Crippen LogP contribution in [-0.4, -0.2) is 84.4 Å². The zero-order valence-electron chi connectivity index (χ0n) is 19.9. The van der Waals surface area contributed by atoms with Crippen LogP contribution >= 0.6 is 11.8 Å². The van der Waals surface area contributed by atoms with Gasteiger partial charge in [0.15, 0.2) is 5.82 Å². The Balaban J connectivity index is 1.32. The Kier molecular flexibility index (Phi) is 6.17. The van der Waals surface area contributed by atoms with Crippen LogP contribution in [0.25, 0.3) is 11.4 Å². The smallest absolute Gasteiger partial charge is 0.163 e. The van der Waals surface area contributed by atoms with Crippen LogP contribution in [0.1, 0.15) is 16.5 Å². The van der Waals surface area contributed by atoms with Crippen molar-refractivity contribution >= 4 is 29.2 Å². The summed E-state index contributed by atoms with van der Waals surface area (Å²) < 4.78 is 5.61. The Hall–Kier alpha value is -2.95. The van der Waals surface area contributed by atoms with Crippen molar-refractivity contribution in [3.8, 4) is 11.4 Å².